The van der Waals surface area contributed by atoms with Crippen molar-refractivity contribution >= 4 is 16.0 Å². The molecule has 0 aromatic carbocycles. The van der Waals surface area contributed by atoms with Crippen LogP contribution in [0.15, 0.2) is 12.3 Å². The van der Waals surface area contributed by atoms with Crippen molar-refractivity contribution in [2.45, 2.75) is 33.0 Å². The Morgan fingerprint density at radius 1 is 1.37 bits per heavy atom. The lowest BCUT2D eigenvalue weighted by Gasteiger charge is -2.18. The fourth-order valence-corrected chi connectivity index (χ4v) is 2.34. The molecule has 0 amide bonds. The van der Waals surface area contributed by atoms with E-state index in [4.69, 9.17) is 9.47 Å². The molecule has 6 nitrogen and oxygen atoms in total. The van der Waals surface area contributed by atoms with Gasteiger partial charge in [0.15, 0.2) is 0 Å². The Balaban J connectivity index is 3.15. The van der Waals surface area contributed by atoms with Crippen LogP contribution in [0.5, 0.6) is 0 Å². The highest BCUT2D eigenvalue weighted by molar-refractivity contribution is 7.89. The lowest BCUT2D eigenvalue weighted by atomic mass is 10.2. The summed E-state index contributed by atoms with van der Waals surface area (Å²) in [7, 11) is -2.03. The zero-order chi connectivity index (χ0) is 14.8. The molecule has 1 aromatic rings. The first-order valence-corrected chi connectivity index (χ1v) is 7.53. The van der Waals surface area contributed by atoms with E-state index in [1.165, 1.54) is 19.4 Å². The molecule has 1 aromatic heterocycles. The second-order valence-electron chi connectivity index (χ2n) is 5.21. The van der Waals surface area contributed by atoms with Gasteiger partial charge in [0.25, 0.3) is 0 Å². The maximum Gasteiger partial charge on any atom is 0.340 e. The summed E-state index contributed by atoms with van der Waals surface area (Å²) in [4.78, 5) is 11.9. The highest BCUT2D eigenvalue weighted by Gasteiger charge is 2.22. The first-order chi connectivity index (χ1) is 8.54. The molecule has 1 heterocycles. The second kappa shape index (κ2) is 5.34. The summed E-state index contributed by atoms with van der Waals surface area (Å²) in [5, 5.41) is 0. The van der Waals surface area contributed by atoms with Crippen LogP contribution >= 0.6 is 0 Å². The molecule has 1 rings (SSSR count). The minimum Gasteiger partial charge on any atom is -0.456 e. The molecule has 19 heavy (non-hydrogen) atoms. The maximum atomic E-state index is 11.9. The molecule has 0 fully saturated rings. The first-order valence-electron chi connectivity index (χ1n) is 5.68. The molecule has 0 aliphatic heterocycles. The fourth-order valence-electron chi connectivity index (χ4n) is 1.50. The van der Waals surface area contributed by atoms with Crippen molar-refractivity contribution in [1.82, 2.24) is 3.97 Å². The van der Waals surface area contributed by atoms with Gasteiger partial charge in [0, 0.05) is 13.3 Å². The number of carbonyl (C=O) groups excluding carboxylic acids is 1. The average molecular weight is 289 g/mol. The number of ether oxygens (including phenoxy) is 2. The van der Waals surface area contributed by atoms with E-state index < -0.39 is 21.6 Å². The molecule has 0 bridgehead atoms. The molecule has 0 saturated heterocycles. The van der Waals surface area contributed by atoms with Gasteiger partial charge >= 0.3 is 5.97 Å². The van der Waals surface area contributed by atoms with Crippen LogP contribution in [0.2, 0.25) is 0 Å². The minimum atomic E-state index is -3.48. The number of methoxy groups -OCH3 is 1. The summed E-state index contributed by atoms with van der Waals surface area (Å²) in [5.74, 6) is -0.563. The van der Waals surface area contributed by atoms with Crippen LogP contribution in [0.25, 0.3) is 0 Å². The molecule has 0 unspecified atom stereocenters. The first kappa shape index (κ1) is 15.7. The van der Waals surface area contributed by atoms with Crippen molar-refractivity contribution in [2.24, 2.45) is 0 Å². The van der Waals surface area contributed by atoms with Crippen molar-refractivity contribution in [1.29, 1.82) is 0 Å². The monoisotopic (exact) mass is 289 g/mol. The summed E-state index contributed by atoms with van der Waals surface area (Å²) in [5.41, 5.74) is -0.0654. The quantitative estimate of drug-likeness (QED) is 0.783. The zero-order valence-electron chi connectivity index (χ0n) is 11.8. The van der Waals surface area contributed by atoms with Crippen LogP contribution in [0.3, 0.4) is 0 Å². The van der Waals surface area contributed by atoms with Crippen LogP contribution in [0, 0.1) is 0 Å². The van der Waals surface area contributed by atoms with Gasteiger partial charge in [0.1, 0.15) is 5.60 Å². The summed E-state index contributed by atoms with van der Waals surface area (Å²) >= 11 is 0. The van der Waals surface area contributed by atoms with Crippen molar-refractivity contribution in [2.75, 3.05) is 13.4 Å². The molecule has 0 atom stereocenters. The third-order valence-electron chi connectivity index (χ3n) is 2.15. The van der Waals surface area contributed by atoms with Gasteiger partial charge in [-0.05, 0) is 26.8 Å². The number of aromatic nitrogens is 1. The SMILES string of the molecule is COCc1cc(C(=O)OC(C)(C)C)cn1S(C)(=O)=O. The number of hydrogen-bond donors (Lipinski definition) is 0. The van der Waals surface area contributed by atoms with Crippen LogP contribution in [-0.4, -0.2) is 37.3 Å². The lowest BCUT2D eigenvalue weighted by Crippen LogP contribution is -2.23. The molecular weight excluding hydrogens is 270 g/mol. The molecule has 0 aliphatic carbocycles. The average Bonchev–Trinajstić information content (AvgIpc) is 2.59. The van der Waals surface area contributed by atoms with E-state index in [0.29, 0.717) is 5.69 Å². The fraction of sp³-hybridized carbons (Fsp3) is 0.583. The van der Waals surface area contributed by atoms with E-state index in [2.05, 4.69) is 0 Å². The maximum absolute atomic E-state index is 11.9. The third-order valence-corrected chi connectivity index (χ3v) is 3.20. The normalized spacial score (nSPS) is 12.5. The van der Waals surface area contributed by atoms with Gasteiger partial charge in [-0.15, -0.1) is 0 Å². The van der Waals surface area contributed by atoms with Gasteiger partial charge in [-0.1, -0.05) is 0 Å². The zero-order valence-corrected chi connectivity index (χ0v) is 12.6. The highest BCUT2D eigenvalue weighted by atomic mass is 32.2. The minimum absolute atomic E-state index is 0.0931. The number of hydrogen-bond acceptors (Lipinski definition) is 5. The van der Waals surface area contributed by atoms with Crippen LogP contribution in [0.1, 0.15) is 36.8 Å². The Hall–Kier alpha value is -1.34. The van der Waals surface area contributed by atoms with Crippen LogP contribution in [0.4, 0.5) is 0 Å². The molecule has 0 radical (unpaired) electrons. The van der Waals surface area contributed by atoms with E-state index in [1.54, 1.807) is 20.8 Å². The van der Waals surface area contributed by atoms with Gasteiger partial charge in [-0.25, -0.2) is 17.2 Å². The van der Waals surface area contributed by atoms with E-state index in [-0.39, 0.29) is 12.2 Å². The lowest BCUT2D eigenvalue weighted by molar-refractivity contribution is 0.00696. The predicted octanol–water partition coefficient (Wildman–Crippen LogP) is 1.40. The summed E-state index contributed by atoms with van der Waals surface area (Å²) in [6, 6.07) is 1.46. The Morgan fingerprint density at radius 2 is 1.95 bits per heavy atom. The highest BCUT2D eigenvalue weighted by Crippen LogP contribution is 2.17. The van der Waals surface area contributed by atoms with Crippen molar-refractivity contribution in [3.63, 3.8) is 0 Å². The van der Waals surface area contributed by atoms with Gasteiger partial charge in [0.2, 0.25) is 10.0 Å². The molecular formula is C12H19NO5S. The van der Waals surface area contributed by atoms with E-state index in [1.807, 2.05) is 0 Å². The Kier molecular flexibility index (Phi) is 4.42. The summed E-state index contributed by atoms with van der Waals surface area (Å²) in [6.07, 6.45) is 2.31. The summed E-state index contributed by atoms with van der Waals surface area (Å²) in [6.45, 7) is 5.33. The van der Waals surface area contributed by atoms with E-state index in [9.17, 15) is 13.2 Å². The van der Waals surface area contributed by atoms with Crippen LogP contribution < -0.4 is 0 Å². The van der Waals surface area contributed by atoms with Crippen molar-refractivity contribution in [3.8, 4) is 0 Å². The van der Waals surface area contributed by atoms with Gasteiger partial charge in [-0.3, -0.25) is 0 Å². The smallest absolute Gasteiger partial charge is 0.340 e. The molecule has 7 heteroatoms. The van der Waals surface area contributed by atoms with Crippen molar-refractivity contribution < 1.29 is 22.7 Å². The molecule has 0 N–H and O–H groups in total. The molecule has 108 valence electrons. The van der Waals surface area contributed by atoms with Crippen molar-refractivity contribution in [3.05, 3.63) is 23.5 Å². The van der Waals surface area contributed by atoms with E-state index >= 15 is 0 Å². The van der Waals surface area contributed by atoms with E-state index in [0.717, 1.165) is 10.2 Å². The second-order valence-corrected chi connectivity index (χ2v) is 7.07. The van der Waals surface area contributed by atoms with Gasteiger partial charge < -0.3 is 9.47 Å². The molecule has 0 saturated carbocycles. The number of nitrogens with zero attached hydrogens (tertiary/aromatic N) is 1. The number of carbonyl (C=O) groups is 1. The Labute approximate surface area is 113 Å². The van der Waals surface area contributed by atoms with Crippen LogP contribution in [-0.2, 0) is 26.1 Å². The summed E-state index contributed by atoms with van der Waals surface area (Å²) < 4.78 is 34.3. The number of esters is 1. The number of rotatable bonds is 4. The standard InChI is InChI=1S/C12H19NO5S/c1-12(2,3)18-11(14)9-6-10(8-17-4)13(7-9)19(5,15)16/h6-7H,8H2,1-5H3. The molecule has 0 spiro atoms. The molecule has 0 aliphatic rings. The third kappa shape index (κ3) is 4.36. The Bertz CT molecular complexity index is 565. The van der Waals surface area contributed by atoms with Gasteiger partial charge in [0.05, 0.1) is 24.1 Å². The topological polar surface area (TPSA) is 74.6 Å². The Morgan fingerprint density at radius 3 is 2.37 bits per heavy atom. The predicted molar refractivity (Wildman–Crippen MR) is 70.6 cm³/mol. The van der Waals surface area contributed by atoms with Gasteiger partial charge in [-0.2, -0.15) is 0 Å². The largest absolute Gasteiger partial charge is 0.456 e.